The van der Waals surface area contributed by atoms with Gasteiger partial charge in [0.1, 0.15) is 17.1 Å². The van der Waals surface area contributed by atoms with Gasteiger partial charge in [0.2, 0.25) is 0 Å². The van der Waals surface area contributed by atoms with E-state index in [1.54, 1.807) is 7.11 Å². The summed E-state index contributed by atoms with van der Waals surface area (Å²) in [5.41, 5.74) is 2.25. The SMILES string of the molecule is COc1ccccc1CNC1CC(C)(C)Oc2ccccc21. The molecule has 0 saturated heterocycles. The number of para-hydroxylation sites is 2. The van der Waals surface area contributed by atoms with Crippen molar-refractivity contribution in [3.63, 3.8) is 0 Å². The van der Waals surface area contributed by atoms with Crippen molar-refractivity contribution in [1.29, 1.82) is 0 Å². The second-order valence-electron chi connectivity index (χ2n) is 6.35. The highest BCUT2D eigenvalue weighted by atomic mass is 16.5. The molecule has 2 aromatic rings. The number of nitrogens with one attached hydrogen (secondary N) is 1. The normalized spacial score (nSPS) is 19.1. The van der Waals surface area contributed by atoms with E-state index in [-0.39, 0.29) is 11.6 Å². The summed E-state index contributed by atoms with van der Waals surface area (Å²) >= 11 is 0. The van der Waals surface area contributed by atoms with E-state index in [9.17, 15) is 0 Å². The standard InChI is InChI=1S/C19H23NO2/c1-19(2)12-16(15-9-5-7-11-18(15)22-19)20-13-14-8-4-6-10-17(14)21-3/h4-11,16,20H,12-13H2,1-3H3. The number of benzene rings is 2. The summed E-state index contributed by atoms with van der Waals surface area (Å²) in [7, 11) is 1.71. The Morgan fingerprint density at radius 1 is 1.14 bits per heavy atom. The van der Waals surface area contributed by atoms with Gasteiger partial charge in [-0.25, -0.2) is 0 Å². The van der Waals surface area contributed by atoms with Gasteiger partial charge in [-0.1, -0.05) is 36.4 Å². The summed E-state index contributed by atoms with van der Waals surface area (Å²) in [5, 5.41) is 3.66. The zero-order chi connectivity index (χ0) is 15.6. The Kier molecular flexibility index (Phi) is 4.08. The van der Waals surface area contributed by atoms with Gasteiger partial charge in [0.15, 0.2) is 0 Å². The molecule has 1 heterocycles. The molecule has 0 amide bonds. The summed E-state index contributed by atoms with van der Waals surface area (Å²) in [6.45, 7) is 5.06. The lowest BCUT2D eigenvalue weighted by atomic mass is 9.89. The second kappa shape index (κ2) is 6.01. The molecule has 2 aromatic carbocycles. The number of methoxy groups -OCH3 is 1. The van der Waals surface area contributed by atoms with Crippen LogP contribution in [0.25, 0.3) is 0 Å². The van der Waals surface area contributed by atoms with Gasteiger partial charge >= 0.3 is 0 Å². The first-order valence-corrected chi connectivity index (χ1v) is 7.72. The van der Waals surface area contributed by atoms with Crippen molar-refractivity contribution < 1.29 is 9.47 Å². The Balaban J connectivity index is 1.80. The predicted molar refractivity (Wildman–Crippen MR) is 88.3 cm³/mol. The molecule has 0 saturated carbocycles. The number of fused-ring (bicyclic) bond motifs is 1. The number of ether oxygens (including phenoxy) is 2. The third kappa shape index (κ3) is 3.09. The first-order chi connectivity index (χ1) is 10.6. The lowest BCUT2D eigenvalue weighted by Gasteiger charge is -2.38. The Hall–Kier alpha value is -2.00. The Morgan fingerprint density at radius 2 is 1.86 bits per heavy atom. The van der Waals surface area contributed by atoms with E-state index in [0.29, 0.717) is 0 Å². The minimum Gasteiger partial charge on any atom is -0.496 e. The largest absolute Gasteiger partial charge is 0.496 e. The van der Waals surface area contributed by atoms with Crippen LogP contribution in [-0.4, -0.2) is 12.7 Å². The lowest BCUT2D eigenvalue weighted by molar-refractivity contribution is 0.0657. The Bertz CT molecular complexity index is 651. The first-order valence-electron chi connectivity index (χ1n) is 7.72. The maximum Gasteiger partial charge on any atom is 0.124 e. The van der Waals surface area contributed by atoms with Crippen molar-refractivity contribution in [1.82, 2.24) is 5.32 Å². The van der Waals surface area contributed by atoms with E-state index < -0.39 is 0 Å². The molecule has 0 radical (unpaired) electrons. The zero-order valence-electron chi connectivity index (χ0n) is 13.4. The van der Waals surface area contributed by atoms with Crippen molar-refractivity contribution in [2.75, 3.05) is 7.11 Å². The molecule has 0 aliphatic carbocycles. The van der Waals surface area contributed by atoms with E-state index in [1.165, 1.54) is 11.1 Å². The predicted octanol–water partition coefficient (Wildman–Crippen LogP) is 4.09. The molecule has 3 nitrogen and oxygen atoms in total. The third-order valence-corrected chi connectivity index (χ3v) is 4.11. The van der Waals surface area contributed by atoms with E-state index in [4.69, 9.17) is 9.47 Å². The molecule has 0 bridgehead atoms. The van der Waals surface area contributed by atoms with Crippen LogP contribution < -0.4 is 14.8 Å². The van der Waals surface area contributed by atoms with Crippen LogP contribution in [0.2, 0.25) is 0 Å². The van der Waals surface area contributed by atoms with Gasteiger partial charge in [-0.05, 0) is 26.0 Å². The summed E-state index contributed by atoms with van der Waals surface area (Å²) in [5.74, 6) is 1.91. The van der Waals surface area contributed by atoms with Gasteiger partial charge in [-0.15, -0.1) is 0 Å². The van der Waals surface area contributed by atoms with E-state index in [0.717, 1.165) is 24.5 Å². The highest BCUT2D eigenvalue weighted by Gasteiger charge is 2.33. The Labute approximate surface area is 132 Å². The number of rotatable bonds is 4. The lowest BCUT2D eigenvalue weighted by Crippen LogP contribution is -2.39. The molecule has 0 fully saturated rings. The van der Waals surface area contributed by atoms with Crippen molar-refractivity contribution in [3.8, 4) is 11.5 Å². The van der Waals surface area contributed by atoms with Crippen LogP contribution in [0.3, 0.4) is 0 Å². The van der Waals surface area contributed by atoms with Crippen LogP contribution in [0.4, 0.5) is 0 Å². The fourth-order valence-electron chi connectivity index (χ4n) is 3.07. The van der Waals surface area contributed by atoms with E-state index >= 15 is 0 Å². The highest BCUT2D eigenvalue weighted by molar-refractivity contribution is 5.39. The zero-order valence-corrected chi connectivity index (χ0v) is 13.4. The van der Waals surface area contributed by atoms with Gasteiger partial charge in [0, 0.05) is 30.1 Å². The van der Waals surface area contributed by atoms with Crippen molar-refractivity contribution in [2.45, 2.75) is 38.5 Å². The van der Waals surface area contributed by atoms with Crippen LogP contribution in [0.15, 0.2) is 48.5 Å². The summed E-state index contributed by atoms with van der Waals surface area (Å²) in [6, 6.07) is 16.7. The molecule has 116 valence electrons. The minimum atomic E-state index is -0.160. The monoisotopic (exact) mass is 297 g/mol. The summed E-state index contributed by atoms with van der Waals surface area (Å²) in [4.78, 5) is 0. The van der Waals surface area contributed by atoms with Crippen LogP contribution in [0, 0.1) is 0 Å². The van der Waals surface area contributed by atoms with Gasteiger partial charge < -0.3 is 14.8 Å². The van der Waals surface area contributed by atoms with Gasteiger partial charge in [-0.3, -0.25) is 0 Å². The molecular weight excluding hydrogens is 274 g/mol. The molecule has 1 aliphatic heterocycles. The van der Waals surface area contributed by atoms with Gasteiger partial charge in [0.25, 0.3) is 0 Å². The molecular formula is C19H23NO2. The molecule has 0 aromatic heterocycles. The van der Waals surface area contributed by atoms with Crippen molar-refractivity contribution in [3.05, 3.63) is 59.7 Å². The molecule has 3 heteroatoms. The molecule has 1 atom stereocenters. The smallest absolute Gasteiger partial charge is 0.124 e. The molecule has 22 heavy (non-hydrogen) atoms. The van der Waals surface area contributed by atoms with E-state index in [2.05, 4.69) is 37.4 Å². The molecule has 3 rings (SSSR count). The average molecular weight is 297 g/mol. The molecule has 1 unspecified atom stereocenters. The maximum atomic E-state index is 6.08. The quantitative estimate of drug-likeness (QED) is 0.922. The first kappa shape index (κ1) is 14.9. The highest BCUT2D eigenvalue weighted by Crippen LogP contribution is 2.39. The third-order valence-electron chi connectivity index (χ3n) is 4.11. The van der Waals surface area contributed by atoms with Gasteiger partial charge in [-0.2, -0.15) is 0 Å². The van der Waals surface area contributed by atoms with Crippen LogP contribution in [0.5, 0.6) is 11.5 Å². The topological polar surface area (TPSA) is 30.5 Å². The average Bonchev–Trinajstić information content (AvgIpc) is 2.51. The van der Waals surface area contributed by atoms with Crippen LogP contribution in [0.1, 0.15) is 37.4 Å². The number of hydrogen-bond donors (Lipinski definition) is 1. The van der Waals surface area contributed by atoms with Crippen LogP contribution in [-0.2, 0) is 6.54 Å². The van der Waals surface area contributed by atoms with E-state index in [1.807, 2.05) is 30.3 Å². The molecule has 0 spiro atoms. The van der Waals surface area contributed by atoms with Gasteiger partial charge in [0.05, 0.1) is 7.11 Å². The fraction of sp³-hybridized carbons (Fsp3) is 0.368. The van der Waals surface area contributed by atoms with Crippen molar-refractivity contribution in [2.24, 2.45) is 0 Å². The maximum absolute atomic E-state index is 6.08. The van der Waals surface area contributed by atoms with Crippen molar-refractivity contribution >= 4 is 0 Å². The van der Waals surface area contributed by atoms with Crippen LogP contribution >= 0.6 is 0 Å². The number of hydrogen-bond acceptors (Lipinski definition) is 3. The fourth-order valence-corrected chi connectivity index (χ4v) is 3.07. The summed E-state index contributed by atoms with van der Waals surface area (Å²) < 4.78 is 11.5. The summed E-state index contributed by atoms with van der Waals surface area (Å²) in [6.07, 6.45) is 0.944. The Morgan fingerprint density at radius 3 is 2.68 bits per heavy atom. The second-order valence-corrected chi connectivity index (χ2v) is 6.35. The minimum absolute atomic E-state index is 0.160. The molecule has 1 aliphatic rings. The molecule has 1 N–H and O–H groups in total.